The average molecular weight is 263 g/mol. The van der Waals surface area contributed by atoms with Crippen molar-refractivity contribution in [2.75, 3.05) is 6.54 Å². The van der Waals surface area contributed by atoms with Gasteiger partial charge in [-0.05, 0) is 44.2 Å². The van der Waals surface area contributed by atoms with Gasteiger partial charge in [0.2, 0.25) is 0 Å². The summed E-state index contributed by atoms with van der Waals surface area (Å²) in [5.74, 6) is 0.0843. The lowest BCUT2D eigenvalue weighted by Gasteiger charge is -2.26. The first-order chi connectivity index (χ1) is 9.16. The van der Waals surface area contributed by atoms with Crippen LogP contribution in [0.4, 0.5) is 0 Å². The van der Waals surface area contributed by atoms with Crippen molar-refractivity contribution < 1.29 is 15.0 Å². The van der Waals surface area contributed by atoms with E-state index in [9.17, 15) is 9.90 Å². The van der Waals surface area contributed by atoms with Gasteiger partial charge in [0, 0.05) is 12.1 Å². The molecular weight excluding hydrogens is 242 g/mol. The molecule has 1 aromatic rings. The Morgan fingerprint density at radius 2 is 1.89 bits per heavy atom. The SMILES string of the molecule is O=C(O)C1CCC(CNCc2ccccc2O)CC1. The zero-order chi connectivity index (χ0) is 13.7. The van der Waals surface area contributed by atoms with E-state index in [1.165, 1.54) is 0 Å². The monoisotopic (exact) mass is 263 g/mol. The highest BCUT2D eigenvalue weighted by atomic mass is 16.4. The Bertz CT molecular complexity index is 425. The summed E-state index contributed by atoms with van der Waals surface area (Å²) in [6.07, 6.45) is 3.53. The van der Waals surface area contributed by atoms with Gasteiger partial charge in [-0.15, -0.1) is 0 Å². The number of rotatable bonds is 5. The molecule has 2 rings (SSSR count). The summed E-state index contributed by atoms with van der Waals surface area (Å²) >= 11 is 0. The van der Waals surface area contributed by atoms with Crippen LogP contribution in [0, 0.1) is 11.8 Å². The van der Waals surface area contributed by atoms with Crippen molar-refractivity contribution in [3.63, 3.8) is 0 Å². The lowest BCUT2D eigenvalue weighted by molar-refractivity contribution is -0.143. The van der Waals surface area contributed by atoms with Gasteiger partial charge < -0.3 is 15.5 Å². The van der Waals surface area contributed by atoms with E-state index in [1.54, 1.807) is 6.07 Å². The number of phenols is 1. The molecule has 1 fully saturated rings. The van der Waals surface area contributed by atoms with Gasteiger partial charge in [0.1, 0.15) is 5.75 Å². The topological polar surface area (TPSA) is 69.6 Å². The number of hydrogen-bond donors (Lipinski definition) is 3. The molecule has 0 amide bonds. The molecule has 0 radical (unpaired) electrons. The van der Waals surface area contributed by atoms with Crippen LogP contribution in [0.3, 0.4) is 0 Å². The Labute approximate surface area is 113 Å². The largest absolute Gasteiger partial charge is 0.508 e. The van der Waals surface area contributed by atoms with Crippen molar-refractivity contribution in [1.82, 2.24) is 5.32 Å². The average Bonchev–Trinajstić information content (AvgIpc) is 2.41. The second-order valence-electron chi connectivity index (χ2n) is 5.32. The van der Waals surface area contributed by atoms with E-state index in [0.29, 0.717) is 18.2 Å². The number of nitrogens with one attached hydrogen (secondary N) is 1. The minimum absolute atomic E-state index is 0.144. The number of carboxylic acids is 1. The predicted octanol–water partition coefficient (Wildman–Crippen LogP) is 2.37. The van der Waals surface area contributed by atoms with Gasteiger partial charge in [0.05, 0.1) is 5.92 Å². The molecule has 104 valence electrons. The van der Waals surface area contributed by atoms with Gasteiger partial charge in [-0.25, -0.2) is 0 Å². The number of hydrogen-bond acceptors (Lipinski definition) is 3. The maximum atomic E-state index is 10.9. The van der Waals surface area contributed by atoms with Gasteiger partial charge in [-0.2, -0.15) is 0 Å². The van der Waals surface area contributed by atoms with Gasteiger partial charge >= 0.3 is 5.97 Å². The van der Waals surface area contributed by atoms with Crippen LogP contribution in [0.2, 0.25) is 0 Å². The third-order valence-corrected chi connectivity index (χ3v) is 3.94. The Morgan fingerprint density at radius 1 is 1.21 bits per heavy atom. The summed E-state index contributed by atoms with van der Waals surface area (Å²) in [6.45, 7) is 1.55. The molecule has 3 N–H and O–H groups in total. The first kappa shape index (κ1) is 13.9. The maximum Gasteiger partial charge on any atom is 0.306 e. The van der Waals surface area contributed by atoms with Crippen molar-refractivity contribution in [3.8, 4) is 5.75 Å². The molecule has 1 aliphatic rings. The molecule has 4 nitrogen and oxygen atoms in total. The Morgan fingerprint density at radius 3 is 2.53 bits per heavy atom. The highest BCUT2D eigenvalue weighted by Gasteiger charge is 2.25. The number of para-hydroxylation sites is 1. The van der Waals surface area contributed by atoms with Crippen molar-refractivity contribution in [2.45, 2.75) is 32.2 Å². The van der Waals surface area contributed by atoms with Crippen LogP contribution in [0.25, 0.3) is 0 Å². The Hall–Kier alpha value is -1.55. The number of aliphatic carboxylic acids is 1. The predicted molar refractivity (Wildman–Crippen MR) is 72.9 cm³/mol. The highest BCUT2D eigenvalue weighted by Crippen LogP contribution is 2.28. The fraction of sp³-hybridized carbons (Fsp3) is 0.533. The molecular formula is C15H21NO3. The third kappa shape index (κ3) is 3.96. The fourth-order valence-electron chi connectivity index (χ4n) is 2.68. The molecule has 0 aliphatic heterocycles. The summed E-state index contributed by atoms with van der Waals surface area (Å²) in [5.41, 5.74) is 0.904. The Balaban J connectivity index is 1.70. The fourth-order valence-corrected chi connectivity index (χ4v) is 2.68. The van der Waals surface area contributed by atoms with Crippen LogP contribution in [0.15, 0.2) is 24.3 Å². The molecule has 19 heavy (non-hydrogen) atoms. The van der Waals surface area contributed by atoms with Gasteiger partial charge in [0.15, 0.2) is 0 Å². The van der Waals surface area contributed by atoms with E-state index < -0.39 is 5.97 Å². The van der Waals surface area contributed by atoms with E-state index >= 15 is 0 Å². The van der Waals surface area contributed by atoms with Crippen molar-refractivity contribution >= 4 is 5.97 Å². The third-order valence-electron chi connectivity index (χ3n) is 3.94. The molecule has 0 bridgehead atoms. The lowest BCUT2D eigenvalue weighted by atomic mass is 9.82. The first-order valence-corrected chi connectivity index (χ1v) is 6.87. The normalized spacial score (nSPS) is 23.2. The standard InChI is InChI=1S/C15H21NO3/c17-14-4-2-1-3-13(14)10-16-9-11-5-7-12(8-6-11)15(18)19/h1-4,11-12,16-17H,5-10H2,(H,18,19). The molecule has 4 heteroatoms. The summed E-state index contributed by atoms with van der Waals surface area (Å²) in [7, 11) is 0. The van der Waals surface area contributed by atoms with Crippen molar-refractivity contribution in [1.29, 1.82) is 0 Å². The summed E-state index contributed by atoms with van der Waals surface area (Å²) in [4.78, 5) is 10.9. The number of carbonyl (C=O) groups is 1. The molecule has 0 unspecified atom stereocenters. The minimum Gasteiger partial charge on any atom is -0.508 e. The second-order valence-corrected chi connectivity index (χ2v) is 5.32. The first-order valence-electron chi connectivity index (χ1n) is 6.87. The van der Waals surface area contributed by atoms with Crippen LogP contribution >= 0.6 is 0 Å². The van der Waals surface area contributed by atoms with Crippen LogP contribution in [0.1, 0.15) is 31.2 Å². The van der Waals surface area contributed by atoms with E-state index in [4.69, 9.17) is 5.11 Å². The zero-order valence-corrected chi connectivity index (χ0v) is 11.0. The molecule has 0 heterocycles. The molecule has 1 aliphatic carbocycles. The van der Waals surface area contributed by atoms with E-state index in [0.717, 1.165) is 37.8 Å². The van der Waals surface area contributed by atoms with Crippen LogP contribution < -0.4 is 5.32 Å². The smallest absolute Gasteiger partial charge is 0.306 e. The lowest BCUT2D eigenvalue weighted by Crippen LogP contribution is -2.28. The molecule has 1 aromatic carbocycles. The summed E-state index contributed by atoms with van der Waals surface area (Å²) in [5, 5.41) is 21.9. The zero-order valence-electron chi connectivity index (χ0n) is 11.0. The van der Waals surface area contributed by atoms with E-state index in [-0.39, 0.29) is 5.92 Å². The molecule has 0 aromatic heterocycles. The number of carboxylic acid groups (broad SMARTS) is 1. The highest BCUT2D eigenvalue weighted by molar-refractivity contribution is 5.69. The summed E-state index contributed by atoms with van der Waals surface area (Å²) < 4.78 is 0. The maximum absolute atomic E-state index is 10.9. The second kappa shape index (κ2) is 6.57. The van der Waals surface area contributed by atoms with Gasteiger partial charge in [-0.1, -0.05) is 18.2 Å². The quantitative estimate of drug-likeness (QED) is 0.763. The van der Waals surface area contributed by atoms with Crippen LogP contribution in [0.5, 0.6) is 5.75 Å². The van der Waals surface area contributed by atoms with Crippen LogP contribution in [-0.2, 0) is 11.3 Å². The van der Waals surface area contributed by atoms with Gasteiger partial charge in [-0.3, -0.25) is 4.79 Å². The van der Waals surface area contributed by atoms with E-state index in [1.807, 2.05) is 18.2 Å². The van der Waals surface area contributed by atoms with Gasteiger partial charge in [0.25, 0.3) is 0 Å². The minimum atomic E-state index is -0.652. The number of phenolic OH excluding ortho intramolecular Hbond substituents is 1. The molecule has 0 spiro atoms. The summed E-state index contributed by atoms with van der Waals surface area (Å²) in [6, 6.07) is 7.32. The van der Waals surface area contributed by atoms with Crippen molar-refractivity contribution in [3.05, 3.63) is 29.8 Å². The number of aromatic hydroxyl groups is 1. The number of benzene rings is 1. The van der Waals surface area contributed by atoms with E-state index in [2.05, 4.69) is 5.32 Å². The molecule has 0 saturated heterocycles. The Kier molecular flexibility index (Phi) is 4.80. The van der Waals surface area contributed by atoms with Crippen molar-refractivity contribution in [2.24, 2.45) is 11.8 Å². The molecule has 1 saturated carbocycles. The van der Waals surface area contributed by atoms with Crippen LogP contribution in [-0.4, -0.2) is 22.7 Å². The molecule has 0 atom stereocenters.